The van der Waals surface area contributed by atoms with Gasteiger partial charge in [-0.3, -0.25) is 0 Å². The number of hydrogen-bond acceptors (Lipinski definition) is 2. The molecule has 1 aliphatic heterocycles. The second-order valence-corrected chi connectivity index (χ2v) is 0.558. The Bertz CT molecular complexity index is 62.1. The molecule has 0 aliphatic carbocycles. The molecule has 0 spiro atoms. The van der Waals surface area contributed by atoms with Gasteiger partial charge in [-0.05, 0) is 0 Å². The fourth-order valence-corrected chi connectivity index (χ4v) is 0.0707. The van der Waals surface area contributed by atoms with Gasteiger partial charge in [0.05, 0.1) is 6.01 Å². The maximum absolute atomic E-state index is 3.50. The molecule has 0 saturated carbocycles. The van der Waals surface area contributed by atoms with Crippen LogP contribution in [0.25, 0.3) is 0 Å². The van der Waals surface area contributed by atoms with E-state index in [4.69, 9.17) is 0 Å². The zero-order valence-corrected chi connectivity index (χ0v) is 2.10. The molecule has 0 bridgehead atoms. The van der Waals surface area contributed by atoms with Gasteiger partial charge in [-0.2, -0.15) is 0 Å². The standard InChI is InChI=1S/C2H2N2/c1-3-2-4-1/h1H2. The lowest BCUT2D eigenvalue weighted by Crippen LogP contribution is -1.77. The van der Waals surface area contributed by atoms with Crippen molar-refractivity contribution in [2.75, 3.05) is 6.67 Å². The highest BCUT2D eigenvalue weighted by atomic mass is 15.0. The van der Waals surface area contributed by atoms with Crippen LogP contribution in [0.4, 0.5) is 0 Å². The van der Waals surface area contributed by atoms with E-state index < -0.39 is 0 Å². The van der Waals surface area contributed by atoms with Gasteiger partial charge < -0.3 is 0 Å². The first-order chi connectivity index (χ1) is 2.00. The van der Waals surface area contributed by atoms with Crippen molar-refractivity contribution in [1.82, 2.24) is 0 Å². The molecule has 0 saturated heterocycles. The number of hydrogen-bond donors (Lipinski definition) is 0. The van der Waals surface area contributed by atoms with Crippen molar-refractivity contribution in [2.24, 2.45) is 9.98 Å². The van der Waals surface area contributed by atoms with E-state index in [1.54, 1.807) is 0 Å². The summed E-state index contributed by atoms with van der Waals surface area (Å²) < 4.78 is 0. The summed E-state index contributed by atoms with van der Waals surface area (Å²) in [7, 11) is 0. The summed E-state index contributed by atoms with van der Waals surface area (Å²) in [5, 5.41) is 0. The zero-order valence-electron chi connectivity index (χ0n) is 2.10. The Hall–Kier alpha value is -0.620. The molecular formula is C2H2N2. The van der Waals surface area contributed by atoms with Crippen molar-refractivity contribution in [1.29, 1.82) is 0 Å². The maximum atomic E-state index is 3.50. The van der Waals surface area contributed by atoms with Gasteiger partial charge in [0.15, 0.2) is 6.67 Å². The van der Waals surface area contributed by atoms with Gasteiger partial charge in [0.25, 0.3) is 0 Å². The molecule has 0 amide bonds. The van der Waals surface area contributed by atoms with Crippen molar-refractivity contribution < 1.29 is 0 Å². The highest BCUT2D eigenvalue weighted by Crippen LogP contribution is 1.72. The van der Waals surface area contributed by atoms with Gasteiger partial charge in [-0.25, -0.2) is 9.98 Å². The topological polar surface area (TPSA) is 24.7 Å². The Morgan fingerprint density at radius 2 is 1.75 bits per heavy atom. The van der Waals surface area contributed by atoms with Crippen LogP contribution in [0.5, 0.6) is 0 Å². The lowest BCUT2D eigenvalue weighted by molar-refractivity contribution is 1.02. The minimum atomic E-state index is 0.639. The van der Waals surface area contributed by atoms with E-state index >= 15 is 0 Å². The summed E-state index contributed by atoms with van der Waals surface area (Å²) in [5.74, 6) is 0. The van der Waals surface area contributed by atoms with Crippen LogP contribution in [-0.2, 0) is 0 Å². The van der Waals surface area contributed by atoms with Crippen molar-refractivity contribution >= 4 is 6.01 Å². The molecular weight excluding hydrogens is 52.0 g/mol. The molecule has 20 valence electrons. The SMILES string of the molecule is C1=NCN=1. The van der Waals surface area contributed by atoms with Crippen LogP contribution in [0.3, 0.4) is 0 Å². The first-order valence-electron chi connectivity index (χ1n) is 1.08. The third kappa shape index (κ3) is 0.0174. The molecule has 4 heavy (non-hydrogen) atoms. The molecule has 1 heterocycles. The third-order valence-electron chi connectivity index (χ3n) is 0.283. The lowest BCUT2D eigenvalue weighted by Gasteiger charge is -1.77. The summed E-state index contributed by atoms with van der Waals surface area (Å²) in [5.41, 5.74) is 0. The number of rotatable bonds is 0. The van der Waals surface area contributed by atoms with Crippen molar-refractivity contribution in [3.05, 3.63) is 0 Å². The molecule has 1 rings (SSSR count). The van der Waals surface area contributed by atoms with Crippen LogP contribution in [0.15, 0.2) is 9.98 Å². The molecule has 0 aromatic carbocycles. The van der Waals surface area contributed by atoms with Crippen LogP contribution >= 0.6 is 0 Å². The second-order valence-electron chi connectivity index (χ2n) is 0.558. The minimum Gasteiger partial charge on any atom is -0.201 e. The van der Waals surface area contributed by atoms with E-state index in [1.165, 1.54) is 0 Å². The van der Waals surface area contributed by atoms with Crippen molar-refractivity contribution in [2.45, 2.75) is 0 Å². The summed E-state index contributed by atoms with van der Waals surface area (Å²) in [6, 6.07) is 2.36. The molecule has 0 fully saturated rings. The Balaban J connectivity index is 2.95. The second kappa shape index (κ2) is 0.397. The Kier molecular flexibility index (Phi) is 0.166. The van der Waals surface area contributed by atoms with Crippen LogP contribution < -0.4 is 0 Å². The Labute approximate surface area is 23.9 Å². The van der Waals surface area contributed by atoms with Gasteiger partial charge in [0, 0.05) is 0 Å². The molecule has 0 aromatic rings. The molecule has 0 unspecified atom stereocenters. The van der Waals surface area contributed by atoms with Crippen LogP contribution in [0.2, 0.25) is 0 Å². The molecule has 0 N–H and O–H groups in total. The van der Waals surface area contributed by atoms with Crippen molar-refractivity contribution in [3.63, 3.8) is 0 Å². The highest BCUT2D eigenvalue weighted by Gasteiger charge is 1.71. The van der Waals surface area contributed by atoms with Crippen LogP contribution in [0, 0.1) is 0 Å². The normalized spacial score (nSPS) is 16.0. The van der Waals surface area contributed by atoms with Gasteiger partial charge >= 0.3 is 0 Å². The fraction of sp³-hybridized carbons (Fsp3) is 0.500. The fourth-order valence-electron chi connectivity index (χ4n) is 0.0707. The molecule has 2 heteroatoms. The monoisotopic (exact) mass is 54.0 g/mol. The van der Waals surface area contributed by atoms with Crippen molar-refractivity contribution in [3.8, 4) is 0 Å². The van der Waals surface area contributed by atoms with E-state index in [2.05, 4.69) is 16.0 Å². The van der Waals surface area contributed by atoms with E-state index in [9.17, 15) is 0 Å². The van der Waals surface area contributed by atoms with E-state index in [-0.39, 0.29) is 0 Å². The summed E-state index contributed by atoms with van der Waals surface area (Å²) in [6.45, 7) is 0.639. The average Bonchev–Trinajstić information content (AvgIpc) is 0.722. The lowest BCUT2D eigenvalue weighted by atomic mass is 11.0. The van der Waals surface area contributed by atoms with Crippen LogP contribution in [-0.4, -0.2) is 12.7 Å². The number of nitrogens with zero attached hydrogens (tertiary/aromatic N) is 2. The van der Waals surface area contributed by atoms with E-state index in [0.717, 1.165) is 0 Å². The Morgan fingerprint density at radius 3 is 1.75 bits per heavy atom. The molecule has 0 aromatic heterocycles. The average molecular weight is 54.1 g/mol. The predicted molar refractivity (Wildman–Crippen MR) is 14.7 cm³/mol. The molecule has 0 radical (unpaired) electrons. The predicted octanol–water partition coefficient (Wildman–Crippen LogP) is 0.131. The smallest absolute Gasteiger partial charge is 0.151 e. The third-order valence-corrected chi connectivity index (χ3v) is 0.283. The number of aliphatic imine (C=N–C) groups is 2. The molecule has 2 nitrogen and oxygen atoms in total. The first kappa shape index (κ1) is 1.68. The largest absolute Gasteiger partial charge is 0.201 e. The van der Waals surface area contributed by atoms with E-state index in [0.29, 0.717) is 6.67 Å². The van der Waals surface area contributed by atoms with E-state index in [1.807, 2.05) is 0 Å². The van der Waals surface area contributed by atoms with Gasteiger partial charge in [-0.15, -0.1) is 0 Å². The van der Waals surface area contributed by atoms with Crippen LogP contribution in [0.1, 0.15) is 0 Å². The highest BCUT2D eigenvalue weighted by molar-refractivity contribution is 5.45. The Morgan fingerprint density at radius 1 is 1.50 bits per heavy atom. The first-order valence-corrected chi connectivity index (χ1v) is 1.08. The van der Waals surface area contributed by atoms with Gasteiger partial charge in [0.1, 0.15) is 0 Å². The van der Waals surface area contributed by atoms with Gasteiger partial charge in [-0.1, -0.05) is 0 Å². The summed E-state index contributed by atoms with van der Waals surface area (Å²) in [6.07, 6.45) is 0. The summed E-state index contributed by atoms with van der Waals surface area (Å²) in [4.78, 5) is 7.00. The minimum absolute atomic E-state index is 0.639. The summed E-state index contributed by atoms with van der Waals surface area (Å²) >= 11 is 0. The maximum Gasteiger partial charge on any atom is 0.151 e. The molecule has 0 atom stereocenters. The zero-order chi connectivity index (χ0) is 2.83. The quantitative estimate of drug-likeness (QED) is 0.375. The van der Waals surface area contributed by atoms with Gasteiger partial charge in [0.2, 0.25) is 0 Å². The molecule has 1 aliphatic rings.